The topological polar surface area (TPSA) is 106 Å². The molecule has 1 N–H and O–H groups in total. The van der Waals surface area contributed by atoms with E-state index in [0.717, 1.165) is 11.3 Å². The third-order valence-corrected chi connectivity index (χ3v) is 6.78. The first-order valence-corrected chi connectivity index (χ1v) is 11.8. The number of methoxy groups -OCH3 is 1. The second-order valence-electron chi connectivity index (χ2n) is 7.59. The second-order valence-corrected chi connectivity index (χ2v) is 9.00. The van der Waals surface area contributed by atoms with Crippen molar-refractivity contribution < 1.29 is 29.0 Å². The van der Waals surface area contributed by atoms with E-state index in [1.165, 1.54) is 12.0 Å². The summed E-state index contributed by atoms with van der Waals surface area (Å²) < 4.78 is 10.3. The van der Waals surface area contributed by atoms with Gasteiger partial charge in [0.15, 0.2) is 5.13 Å². The summed E-state index contributed by atoms with van der Waals surface area (Å²) in [4.78, 5) is 44.7. The molecule has 180 valence electrons. The molecule has 0 saturated carbocycles. The van der Waals surface area contributed by atoms with Gasteiger partial charge >= 0.3 is 11.9 Å². The highest BCUT2D eigenvalue weighted by Gasteiger charge is 2.48. The van der Waals surface area contributed by atoms with Crippen molar-refractivity contribution in [3.8, 4) is 5.75 Å². The number of rotatable bonds is 6. The molecular formula is C25H21ClN2O6S. The van der Waals surface area contributed by atoms with Crippen LogP contribution in [0.5, 0.6) is 5.75 Å². The number of carbonyl (C=O) groups excluding carboxylic acids is 3. The normalized spacial score (nSPS) is 17.0. The number of esters is 1. The highest BCUT2D eigenvalue weighted by atomic mass is 35.5. The summed E-state index contributed by atoms with van der Waals surface area (Å²) in [6, 6.07) is 12.1. The number of nitrogens with zero attached hydrogens (tertiary/aromatic N) is 2. The third-order valence-electron chi connectivity index (χ3n) is 5.40. The lowest BCUT2D eigenvalue weighted by molar-refractivity contribution is -0.132. The first kappa shape index (κ1) is 24.4. The predicted octanol–water partition coefficient (Wildman–Crippen LogP) is 4.92. The van der Waals surface area contributed by atoms with Crippen molar-refractivity contribution in [2.75, 3.05) is 18.6 Å². The van der Waals surface area contributed by atoms with E-state index in [9.17, 15) is 19.5 Å². The summed E-state index contributed by atoms with van der Waals surface area (Å²) in [6.45, 7) is 3.48. The number of benzene rings is 2. The quantitative estimate of drug-likeness (QED) is 0.216. The van der Waals surface area contributed by atoms with Gasteiger partial charge in [0.05, 0.1) is 31.0 Å². The Morgan fingerprint density at radius 3 is 2.63 bits per heavy atom. The number of halogens is 1. The number of ketones is 1. The van der Waals surface area contributed by atoms with E-state index < -0.39 is 23.7 Å². The Hall–Kier alpha value is -3.69. The highest BCUT2D eigenvalue weighted by molar-refractivity contribution is 7.17. The van der Waals surface area contributed by atoms with Crippen LogP contribution in [0, 0.1) is 6.92 Å². The van der Waals surface area contributed by atoms with Gasteiger partial charge in [0.1, 0.15) is 16.4 Å². The average molecular weight is 513 g/mol. The molecule has 2 aromatic carbocycles. The largest absolute Gasteiger partial charge is 0.507 e. The van der Waals surface area contributed by atoms with Crippen LogP contribution in [-0.4, -0.2) is 41.5 Å². The van der Waals surface area contributed by atoms with E-state index in [4.69, 9.17) is 21.1 Å². The average Bonchev–Trinajstić information content (AvgIpc) is 3.35. The molecule has 1 atom stereocenters. The van der Waals surface area contributed by atoms with Gasteiger partial charge in [0, 0.05) is 10.6 Å². The zero-order valence-electron chi connectivity index (χ0n) is 19.1. The number of aromatic nitrogens is 1. The molecule has 10 heteroatoms. The number of aliphatic hydroxyl groups excluding tert-OH is 1. The van der Waals surface area contributed by atoms with Gasteiger partial charge < -0.3 is 14.6 Å². The number of carbonyl (C=O) groups is 3. The molecule has 4 rings (SSSR count). The lowest BCUT2D eigenvalue weighted by Crippen LogP contribution is -2.29. The second kappa shape index (κ2) is 9.89. The molecule has 0 aliphatic carbocycles. The molecule has 1 amide bonds. The summed E-state index contributed by atoms with van der Waals surface area (Å²) in [5.41, 5.74) is 1.03. The predicted molar refractivity (Wildman–Crippen MR) is 132 cm³/mol. The Morgan fingerprint density at radius 1 is 1.20 bits per heavy atom. The highest BCUT2D eigenvalue weighted by Crippen LogP contribution is 2.44. The molecule has 1 saturated heterocycles. The number of aryl methyl sites for hydroxylation is 1. The minimum absolute atomic E-state index is 0.127. The Bertz CT molecular complexity index is 1370. The molecule has 0 spiro atoms. The summed E-state index contributed by atoms with van der Waals surface area (Å²) in [7, 11) is 1.48. The SMILES string of the molecule is CCOC(=O)c1sc(N2C(=O)C(=O)C(=C(O)c3cccc(OC)c3)C2c2cccc(Cl)c2)nc1C. The molecule has 8 nitrogen and oxygen atoms in total. The zero-order valence-corrected chi connectivity index (χ0v) is 20.6. The molecular weight excluding hydrogens is 492 g/mol. The fraction of sp³-hybridized carbons (Fsp3) is 0.200. The van der Waals surface area contributed by atoms with Crippen LogP contribution < -0.4 is 9.64 Å². The number of amides is 1. The lowest BCUT2D eigenvalue weighted by Gasteiger charge is -2.23. The van der Waals surface area contributed by atoms with Gasteiger partial charge in [-0.1, -0.05) is 47.2 Å². The lowest BCUT2D eigenvalue weighted by atomic mass is 9.95. The molecule has 1 fully saturated rings. The van der Waals surface area contributed by atoms with Crippen molar-refractivity contribution in [3.05, 3.63) is 80.8 Å². The summed E-state index contributed by atoms with van der Waals surface area (Å²) in [5.74, 6) is -2.24. The van der Waals surface area contributed by atoms with Crippen LogP contribution in [-0.2, 0) is 14.3 Å². The molecule has 1 unspecified atom stereocenters. The smallest absolute Gasteiger partial charge is 0.350 e. The van der Waals surface area contributed by atoms with E-state index in [0.29, 0.717) is 27.6 Å². The van der Waals surface area contributed by atoms with Crippen molar-refractivity contribution in [2.24, 2.45) is 0 Å². The van der Waals surface area contributed by atoms with Gasteiger partial charge in [-0.2, -0.15) is 0 Å². The van der Waals surface area contributed by atoms with Crippen molar-refractivity contribution in [2.45, 2.75) is 19.9 Å². The number of hydrogen-bond donors (Lipinski definition) is 1. The molecule has 1 aliphatic rings. The number of thiazole rings is 1. The number of aliphatic hydroxyl groups is 1. The minimum Gasteiger partial charge on any atom is -0.507 e. The van der Waals surface area contributed by atoms with Gasteiger partial charge in [-0.05, 0) is 43.7 Å². The van der Waals surface area contributed by atoms with Gasteiger partial charge in [-0.3, -0.25) is 14.5 Å². The van der Waals surface area contributed by atoms with Crippen LogP contribution in [0.4, 0.5) is 5.13 Å². The van der Waals surface area contributed by atoms with Crippen molar-refractivity contribution in [3.63, 3.8) is 0 Å². The number of anilines is 1. The Labute approximate surface area is 210 Å². The molecule has 35 heavy (non-hydrogen) atoms. The maximum Gasteiger partial charge on any atom is 0.350 e. The van der Waals surface area contributed by atoms with E-state index >= 15 is 0 Å². The van der Waals surface area contributed by atoms with E-state index in [2.05, 4.69) is 4.98 Å². The standard InChI is InChI=1S/C25H21ClN2O6S/c1-4-34-24(32)22-13(2)27-25(35-22)28-19(14-7-5-9-16(26)11-14)18(21(30)23(28)31)20(29)15-8-6-10-17(12-15)33-3/h5-12,19,29H,4H2,1-3H3. The minimum atomic E-state index is -1.03. The Morgan fingerprint density at radius 2 is 1.94 bits per heavy atom. The molecule has 1 aliphatic heterocycles. The van der Waals surface area contributed by atoms with Gasteiger partial charge in [0.2, 0.25) is 0 Å². The summed E-state index contributed by atoms with van der Waals surface area (Å²) in [5, 5.41) is 11.7. The number of hydrogen-bond acceptors (Lipinski definition) is 8. The van der Waals surface area contributed by atoms with Gasteiger partial charge in [-0.15, -0.1) is 0 Å². The van der Waals surface area contributed by atoms with Gasteiger partial charge in [-0.25, -0.2) is 9.78 Å². The summed E-state index contributed by atoms with van der Waals surface area (Å²) in [6.07, 6.45) is 0. The van der Waals surface area contributed by atoms with Gasteiger partial charge in [0.25, 0.3) is 5.78 Å². The van der Waals surface area contributed by atoms with E-state index in [1.807, 2.05) is 0 Å². The van der Waals surface area contributed by atoms with Crippen molar-refractivity contribution in [1.29, 1.82) is 0 Å². The van der Waals surface area contributed by atoms with E-state index in [-0.39, 0.29) is 27.9 Å². The zero-order chi connectivity index (χ0) is 25.3. The third kappa shape index (κ3) is 4.52. The number of ether oxygens (including phenoxy) is 2. The molecule has 1 aromatic heterocycles. The maximum absolute atomic E-state index is 13.3. The van der Waals surface area contributed by atoms with Crippen LogP contribution in [0.3, 0.4) is 0 Å². The summed E-state index contributed by atoms with van der Waals surface area (Å²) >= 11 is 7.16. The first-order valence-electron chi connectivity index (χ1n) is 10.6. The van der Waals surface area contributed by atoms with E-state index in [1.54, 1.807) is 62.4 Å². The molecule has 0 radical (unpaired) electrons. The van der Waals surface area contributed by atoms with Crippen LogP contribution in [0.15, 0.2) is 54.1 Å². The first-order chi connectivity index (χ1) is 16.8. The fourth-order valence-electron chi connectivity index (χ4n) is 3.82. The molecule has 0 bridgehead atoms. The van der Waals surface area contributed by atoms with Crippen LogP contribution in [0.2, 0.25) is 5.02 Å². The molecule has 3 aromatic rings. The fourth-order valence-corrected chi connectivity index (χ4v) is 5.01. The Kier molecular flexibility index (Phi) is 6.90. The van der Waals surface area contributed by atoms with Crippen molar-refractivity contribution >= 4 is 51.5 Å². The van der Waals surface area contributed by atoms with Crippen LogP contribution in [0.1, 0.15) is 39.5 Å². The number of Topliss-reactive ketones (excluding diaryl/α,β-unsaturated/α-hetero) is 1. The van der Waals surface area contributed by atoms with Crippen LogP contribution >= 0.6 is 22.9 Å². The van der Waals surface area contributed by atoms with Crippen LogP contribution in [0.25, 0.3) is 5.76 Å². The van der Waals surface area contributed by atoms with Crippen molar-refractivity contribution in [1.82, 2.24) is 4.98 Å². The Balaban J connectivity index is 1.92. The monoisotopic (exact) mass is 512 g/mol. The molecule has 2 heterocycles. The maximum atomic E-state index is 13.3.